The number of ether oxygens (including phenoxy) is 1. The molecule has 2 aromatic heterocycles. The Hall–Kier alpha value is -3.87. The largest absolute Gasteiger partial charge is 0.573 e. The zero-order valence-corrected chi connectivity index (χ0v) is 18.3. The number of nitrogens with one attached hydrogen (secondary N) is 1. The molecule has 0 aliphatic carbocycles. The van der Waals surface area contributed by atoms with Gasteiger partial charge in [0.1, 0.15) is 11.6 Å². The van der Waals surface area contributed by atoms with Gasteiger partial charge >= 0.3 is 12.5 Å². The summed E-state index contributed by atoms with van der Waals surface area (Å²) in [6.07, 6.45) is -6.58. The van der Waals surface area contributed by atoms with Crippen LogP contribution in [0.3, 0.4) is 0 Å². The number of aliphatic hydroxyl groups excluding tert-OH is 1. The molecule has 1 amide bonds. The third-order valence-corrected chi connectivity index (χ3v) is 5.31. The van der Waals surface area contributed by atoms with E-state index >= 15 is 0 Å². The van der Waals surface area contributed by atoms with Crippen LogP contribution in [0.15, 0.2) is 55.0 Å². The molecule has 0 unspecified atom stereocenters. The van der Waals surface area contributed by atoms with Gasteiger partial charge in [0, 0.05) is 48.5 Å². The molecule has 0 saturated carbocycles. The van der Waals surface area contributed by atoms with E-state index in [1.807, 2.05) is 0 Å². The number of rotatable bonds is 5. The maximum Gasteiger partial charge on any atom is 0.573 e. The number of benzene rings is 1. The van der Waals surface area contributed by atoms with Crippen molar-refractivity contribution in [1.29, 1.82) is 0 Å². The molecule has 7 nitrogen and oxygen atoms in total. The molecule has 3 aromatic rings. The number of aromatic nitrogens is 2. The van der Waals surface area contributed by atoms with Crippen molar-refractivity contribution in [3.05, 3.63) is 66.1 Å². The summed E-state index contributed by atoms with van der Waals surface area (Å²) < 4.78 is 80.6. The highest BCUT2D eigenvalue weighted by Crippen LogP contribution is 2.36. The van der Waals surface area contributed by atoms with E-state index in [1.54, 1.807) is 4.90 Å². The number of hydrogen-bond donors (Lipinski definition) is 2. The van der Waals surface area contributed by atoms with Gasteiger partial charge in [0.25, 0.3) is 5.91 Å². The van der Waals surface area contributed by atoms with Crippen molar-refractivity contribution in [2.45, 2.75) is 25.1 Å². The zero-order chi connectivity index (χ0) is 26.1. The van der Waals surface area contributed by atoms with E-state index in [1.165, 1.54) is 30.6 Å². The molecule has 1 atom stereocenters. The minimum absolute atomic E-state index is 0.0125. The molecule has 0 bridgehead atoms. The van der Waals surface area contributed by atoms with E-state index < -0.39 is 35.9 Å². The van der Waals surface area contributed by atoms with Gasteiger partial charge in [-0.05, 0) is 42.8 Å². The Labute approximate surface area is 200 Å². The Kier molecular flexibility index (Phi) is 6.76. The van der Waals surface area contributed by atoms with Gasteiger partial charge in [0.15, 0.2) is 0 Å². The van der Waals surface area contributed by atoms with Crippen LogP contribution in [-0.2, 0) is 6.18 Å². The highest BCUT2D eigenvalue weighted by molar-refractivity contribution is 6.05. The van der Waals surface area contributed by atoms with Gasteiger partial charge in [0.2, 0.25) is 0 Å². The molecule has 4 rings (SSSR count). The summed E-state index contributed by atoms with van der Waals surface area (Å²) in [6.45, 7) is 0.621. The molecule has 0 spiro atoms. The summed E-state index contributed by atoms with van der Waals surface area (Å²) in [5.74, 6) is -0.891. The number of pyridine rings is 2. The molecular weight excluding hydrogens is 494 g/mol. The average molecular weight is 512 g/mol. The van der Waals surface area contributed by atoms with Gasteiger partial charge < -0.3 is 20.1 Å². The van der Waals surface area contributed by atoms with Crippen LogP contribution in [-0.4, -0.2) is 46.5 Å². The predicted octanol–water partition coefficient (Wildman–Crippen LogP) is 4.88. The summed E-state index contributed by atoms with van der Waals surface area (Å²) in [4.78, 5) is 22.5. The van der Waals surface area contributed by atoms with Crippen molar-refractivity contribution in [3.8, 4) is 16.9 Å². The second-order valence-electron chi connectivity index (χ2n) is 7.97. The van der Waals surface area contributed by atoms with Crippen molar-refractivity contribution in [2.75, 3.05) is 23.3 Å². The lowest BCUT2D eigenvalue weighted by Gasteiger charge is -2.21. The van der Waals surface area contributed by atoms with Gasteiger partial charge in [-0.15, -0.1) is 13.2 Å². The number of carbonyl (C=O) groups excluding carboxylic acids is 1. The van der Waals surface area contributed by atoms with E-state index in [9.17, 15) is 36.2 Å². The maximum absolute atomic E-state index is 13.3. The second-order valence-corrected chi connectivity index (χ2v) is 7.97. The van der Waals surface area contributed by atoms with Crippen LogP contribution < -0.4 is 15.0 Å². The molecular formula is C23H18F6N4O3. The minimum atomic E-state index is -4.86. The quantitative estimate of drug-likeness (QED) is 0.474. The van der Waals surface area contributed by atoms with E-state index in [4.69, 9.17) is 0 Å². The van der Waals surface area contributed by atoms with Crippen LogP contribution >= 0.6 is 0 Å². The maximum atomic E-state index is 13.3. The predicted molar refractivity (Wildman–Crippen MR) is 116 cm³/mol. The van der Waals surface area contributed by atoms with Gasteiger partial charge in [-0.1, -0.05) is 0 Å². The normalized spacial score (nSPS) is 16.2. The SMILES string of the molecule is O=C(Nc1ccc(OC(F)(F)F)cc1)c1cnc(N2CC[C@@H](O)C2)c(-c2cncc(C(F)(F)F)c2)c1. The lowest BCUT2D eigenvalue weighted by Crippen LogP contribution is -2.23. The number of carbonyl (C=O) groups is 1. The molecule has 1 saturated heterocycles. The Bertz CT molecular complexity index is 1250. The molecule has 13 heteroatoms. The first-order chi connectivity index (χ1) is 16.9. The van der Waals surface area contributed by atoms with Crippen LogP contribution in [0, 0.1) is 0 Å². The number of β-amino-alcohol motifs (C(OH)–C–C–N with tert-alkyl or cyclic N) is 1. The lowest BCUT2D eigenvalue weighted by molar-refractivity contribution is -0.274. The fourth-order valence-corrected chi connectivity index (χ4v) is 3.67. The summed E-state index contributed by atoms with van der Waals surface area (Å²) in [5.41, 5.74) is -0.574. The van der Waals surface area contributed by atoms with Gasteiger partial charge in [-0.3, -0.25) is 9.78 Å². The van der Waals surface area contributed by atoms with Gasteiger partial charge in [-0.25, -0.2) is 4.98 Å². The minimum Gasteiger partial charge on any atom is -0.406 e. The van der Waals surface area contributed by atoms with E-state index in [0.29, 0.717) is 19.2 Å². The van der Waals surface area contributed by atoms with Crippen LogP contribution in [0.2, 0.25) is 0 Å². The highest BCUT2D eigenvalue weighted by atomic mass is 19.4. The molecule has 190 valence electrons. The van der Waals surface area contributed by atoms with E-state index in [-0.39, 0.29) is 34.7 Å². The average Bonchev–Trinajstić information content (AvgIpc) is 3.24. The van der Waals surface area contributed by atoms with Crippen molar-refractivity contribution >= 4 is 17.4 Å². The Morgan fingerprint density at radius 2 is 1.78 bits per heavy atom. The summed E-state index contributed by atoms with van der Waals surface area (Å²) >= 11 is 0. The Morgan fingerprint density at radius 1 is 1.06 bits per heavy atom. The van der Waals surface area contributed by atoms with E-state index in [2.05, 4.69) is 20.0 Å². The first-order valence-electron chi connectivity index (χ1n) is 10.5. The fraction of sp³-hybridized carbons (Fsp3) is 0.261. The van der Waals surface area contributed by atoms with Crippen LogP contribution in [0.5, 0.6) is 5.75 Å². The molecule has 3 heterocycles. The van der Waals surface area contributed by atoms with Crippen molar-refractivity contribution in [1.82, 2.24) is 9.97 Å². The number of nitrogens with zero attached hydrogens (tertiary/aromatic N) is 3. The van der Waals surface area contributed by atoms with Crippen molar-refractivity contribution in [3.63, 3.8) is 0 Å². The lowest BCUT2D eigenvalue weighted by atomic mass is 10.0. The fourth-order valence-electron chi connectivity index (χ4n) is 3.67. The smallest absolute Gasteiger partial charge is 0.406 e. The van der Waals surface area contributed by atoms with Crippen LogP contribution in [0.4, 0.5) is 37.8 Å². The molecule has 1 aliphatic rings. The Morgan fingerprint density at radius 3 is 2.39 bits per heavy atom. The topological polar surface area (TPSA) is 87.6 Å². The molecule has 0 radical (unpaired) electrons. The van der Waals surface area contributed by atoms with Crippen LogP contribution in [0.25, 0.3) is 11.1 Å². The number of hydrogen-bond acceptors (Lipinski definition) is 6. The number of aliphatic hydroxyl groups is 1. The molecule has 2 N–H and O–H groups in total. The number of anilines is 2. The standard InChI is InChI=1S/C23H18F6N4O3/c24-22(25,26)15-7-13(9-30-11-15)19-8-14(10-31-20(19)33-6-5-17(34)12-33)21(35)32-16-1-3-18(4-2-16)36-23(27,28)29/h1-4,7-11,17,34H,5-6,12H2,(H,32,35)/t17-/m1/s1. The summed E-state index contributed by atoms with van der Waals surface area (Å²) in [7, 11) is 0. The van der Waals surface area contributed by atoms with Gasteiger partial charge in [-0.2, -0.15) is 13.2 Å². The third-order valence-electron chi connectivity index (χ3n) is 5.31. The first kappa shape index (κ1) is 25.2. The number of amides is 1. The summed E-state index contributed by atoms with van der Waals surface area (Å²) in [6, 6.07) is 6.67. The highest BCUT2D eigenvalue weighted by Gasteiger charge is 2.32. The monoisotopic (exact) mass is 512 g/mol. The zero-order valence-electron chi connectivity index (χ0n) is 18.3. The number of halogens is 6. The molecule has 1 fully saturated rings. The number of alkyl halides is 6. The van der Waals surface area contributed by atoms with Gasteiger partial charge in [0.05, 0.1) is 17.2 Å². The molecule has 1 aromatic carbocycles. The third kappa shape index (κ3) is 6.03. The van der Waals surface area contributed by atoms with E-state index in [0.717, 1.165) is 18.2 Å². The molecule has 1 aliphatic heterocycles. The second kappa shape index (κ2) is 9.64. The first-order valence-corrected chi connectivity index (χ1v) is 10.5. The van der Waals surface area contributed by atoms with Crippen molar-refractivity contribution in [2.24, 2.45) is 0 Å². The Balaban J connectivity index is 1.64. The van der Waals surface area contributed by atoms with Crippen molar-refractivity contribution < 1.29 is 41.0 Å². The van der Waals surface area contributed by atoms with Crippen LogP contribution in [0.1, 0.15) is 22.3 Å². The summed E-state index contributed by atoms with van der Waals surface area (Å²) in [5, 5.41) is 12.4. The molecule has 36 heavy (non-hydrogen) atoms.